The molecule has 1 heterocycles. The largest absolute Gasteiger partial charge is 0.273 e. The van der Waals surface area contributed by atoms with Crippen molar-refractivity contribution in [3.8, 4) is 0 Å². The van der Waals surface area contributed by atoms with E-state index in [4.69, 9.17) is 0 Å². The second kappa shape index (κ2) is 3.40. The smallest absolute Gasteiger partial charge is 0.267 e. The van der Waals surface area contributed by atoms with Crippen LogP contribution in [0.15, 0.2) is 16.0 Å². The number of halogens is 1. The van der Waals surface area contributed by atoms with Crippen LogP contribution in [0, 0.1) is 6.92 Å². The highest BCUT2D eigenvalue weighted by molar-refractivity contribution is 9.08. The molecular formula is C6H7BrN2OS. The van der Waals surface area contributed by atoms with Crippen LogP contribution < -0.4 is 5.56 Å². The fourth-order valence-corrected chi connectivity index (χ4v) is 1.78. The van der Waals surface area contributed by atoms with Crippen molar-refractivity contribution in [2.24, 2.45) is 0 Å². The molecule has 0 saturated heterocycles. The summed E-state index contributed by atoms with van der Waals surface area (Å²) in [7, 11) is 0. The molecule has 0 N–H and O–H groups in total. The van der Waals surface area contributed by atoms with Crippen molar-refractivity contribution in [2.75, 3.05) is 6.26 Å². The van der Waals surface area contributed by atoms with Crippen molar-refractivity contribution < 1.29 is 0 Å². The van der Waals surface area contributed by atoms with Gasteiger partial charge >= 0.3 is 0 Å². The summed E-state index contributed by atoms with van der Waals surface area (Å²) in [4.78, 5) is 14.6. The van der Waals surface area contributed by atoms with E-state index in [1.165, 1.54) is 17.8 Å². The van der Waals surface area contributed by atoms with Crippen molar-refractivity contribution in [3.05, 3.63) is 22.1 Å². The van der Waals surface area contributed by atoms with E-state index in [0.717, 1.165) is 5.69 Å². The molecule has 0 bridgehead atoms. The Morgan fingerprint density at radius 3 is 2.91 bits per heavy atom. The molecule has 0 unspecified atom stereocenters. The van der Waals surface area contributed by atoms with Crippen molar-refractivity contribution >= 4 is 27.9 Å². The molecule has 0 aliphatic rings. The Kier molecular flexibility index (Phi) is 2.72. The van der Waals surface area contributed by atoms with Gasteiger partial charge in [-0.3, -0.25) is 8.39 Å². The molecule has 60 valence electrons. The average molecular weight is 235 g/mol. The highest BCUT2D eigenvalue weighted by Crippen LogP contribution is 2.13. The average Bonchev–Trinajstić information content (AvgIpc) is 1.96. The molecule has 0 spiro atoms. The Morgan fingerprint density at radius 2 is 2.36 bits per heavy atom. The first-order valence-corrected chi connectivity index (χ1v) is 4.89. The molecule has 3 nitrogen and oxygen atoms in total. The van der Waals surface area contributed by atoms with Gasteiger partial charge in [0.25, 0.3) is 5.56 Å². The van der Waals surface area contributed by atoms with Crippen LogP contribution in [0.5, 0.6) is 0 Å². The minimum atomic E-state index is -0.192. The van der Waals surface area contributed by atoms with Crippen molar-refractivity contribution in [2.45, 2.75) is 12.1 Å². The van der Waals surface area contributed by atoms with Gasteiger partial charge in [-0.1, -0.05) is 11.8 Å². The lowest BCUT2D eigenvalue weighted by molar-refractivity contribution is 0.874. The molecule has 0 saturated carbocycles. The summed E-state index contributed by atoms with van der Waals surface area (Å²) < 4.78 is 1.71. The number of aryl methyl sites for hydroxylation is 1. The first-order valence-electron chi connectivity index (χ1n) is 2.96. The van der Waals surface area contributed by atoms with Crippen LogP contribution in [0.1, 0.15) is 5.69 Å². The molecule has 0 radical (unpaired) electrons. The maximum atomic E-state index is 10.9. The molecule has 0 fully saturated rings. The first-order chi connectivity index (χ1) is 5.15. The Labute approximate surface area is 77.2 Å². The van der Waals surface area contributed by atoms with E-state index < -0.39 is 0 Å². The van der Waals surface area contributed by atoms with Gasteiger partial charge in [-0.25, -0.2) is 0 Å². The monoisotopic (exact) mass is 234 g/mol. The van der Waals surface area contributed by atoms with E-state index in [9.17, 15) is 4.79 Å². The second-order valence-corrected chi connectivity index (χ2v) is 3.49. The topological polar surface area (TPSA) is 34.9 Å². The highest BCUT2D eigenvalue weighted by atomic mass is 79.9. The third kappa shape index (κ3) is 1.84. The highest BCUT2D eigenvalue weighted by Gasteiger charge is 2.01. The van der Waals surface area contributed by atoms with Gasteiger partial charge in [0.2, 0.25) is 0 Å². The molecule has 1 aromatic heterocycles. The van der Waals surface area contributed by atoms with Crippen LogP contribution >= 0.6 is 27.9 Å². The van der Waals surface area contributed by atoms with Gasteiger partial charge in [0.1, 0.15) is 0 Å². The van der Waals surface area contributed by atoms with Crippen molar-refractivity contribution in [1.29, 1.82) is 0 Å². The number of hydrogen-bond acceptors (Lipinski definition) is 3. The number of thioether (sulfide) groups is 1. The van der Waals surface area contributed by atoms with Gasteiger partial charge in [0.15, 0.2) is 5.16 Å². The van der Waals surface area contributed by atoms with Crippen LogP contribution in [0.25, 0.3) is 0 Å². The predicted octanol–water partition coefficient (Wildman–Crippen LogP) is 1.43. The van der Waals surface area contributed by atoms with Gasteiger partial charge < -0.3 is 0 Å². The molecule has 1 rings (SSSR count). The SMILES string of the molecule is CSc1nc(=O)cc(C)n1Br. The fourth-order valence-electron chi connectivity index (χ4n) is 0.682. The fraction of sp³-hybridized carbons (Fsp3) is 0.333. The van der Waals surface area contributed by atoms with Gasteiger partial charge in [0.05, 0.1) is 16.1 Å². The van der Waals surface area contributed by atoms with Gasteiger partial charge in [-0.2, -0.15) is 4.98 Å². The summed E-state index contributed by atoms with van der Waals surface area (Å²) in [6.07, 6.45) is 1.87. The minimum Gasteiger partial charge on any atom is -0.267 e. The van der Waals surface area contributed by atoms with Crippen molar-refractivity contribution in [3.63, 3.8) is 0 Å². The quantitative estimate of drug-likeness (QED) is 0.545. The van der Waals surface area contributed by atoms with Crippen molar-refractivity contribution in [1.82, 2.24) is 8.58 Å². The third-order valence-electron chi connectivity index (χ3n) is 1.20. The zero-order valence-corrected chi connectivity index (χ0v) is 8.57. The molecule has 0 atom stereocenters. The molecule has 0 amide bonds. The number of rotatable bonds is 1. The van der Waals surface area contributed by atoms with Crippen LogP contribution in [0.2, 0.25) is 0 Å². The molecule has 0 aromatic carbocycles. The summed E-state index contributed by atoms with van der Waals surface area (Å²) in [5.74, 6) is 0. The van der Waals surface area contributed by atoms with E-state index in [2.05, 4.69) is 21.1 Å². The van der Waals surface area contributed by atoms with E-state index in [1.54, 1.807) is 3.59 Å². The zero-order chi connectivity index (χ0) is 8.43. The van der Waals surface area contributed by atoms with Gasteiger partial charge in [-0.05, 0) is 13.2 Å². The Bertz CT molecular complexity index is 323. The van der Waals surface area contributed by atoms with E-state index in [1.807, 2.05) is 13.2 Å². The van der Waals surface area contributed by atoms with E-state index in [-0.39, 0.29) is 5.56 Å². The number of aromatic nitrogens is 2. The van der Waals surface area contributed by atoms with E-state index in [0.29, 0.717) is 5.16 Å². The summed E-state index contributed by atoms with van der Waals surface area (Å²) in [5, 5.41) is 0.676. The van der Waals surface area contributed by atoms with Crippen LogP contribution in [-0.2, 0) is 0 Å². The van der Waals surface area contributed by atoms with Gasteiger partial charge in [-0.15, -0.1) is 0 Å². The zero-order valence-electron chi connectivity index (χ0n) is 6.17. The normalized spacial score (nSPS) is 10.1. The lowest BCUT2D eigenvalue weighted by atomic mass is 10.5. The standard InChI is InChI=1S/C6H7BrN2OS/c1-4-3-5(10)8-6(11-2)9(4)7/h3H,1-2H3. The molecule has 1 aromatic rings. The number of nitrogens with zero attached hydrogens (tertiary/aromatic N) is 2. The maximum absolute atomic E-state index is 10.9. The van der Waals surface area contributed by atoms with Gasteiger partial charge in [0, 0.05) is 11.8 Å². The van der Waals surface area contributed by atoms with Crippen LogP contribution in [0.4, 0.5) is 0 Å². The predicted molar refractivity (Wildman–Crippen MR) is 49.3 cm³/mol. The molecule has 0 aliphatic carbocycles. The number of hydrogen-bond donors (Lipinski definition) is 0. The summed E-state index contributed by atoms with van der Waals surface area (Å²) in [5.41, 5.74) is 0.664. The van der Waals surface area contributed by atoms with E-state index >= 15 is 0 Å². The molecule has 0 aliphatic heterocycles. The van der Waals surface area contributed by atoms with Crippen LogP contribution in [-0.4, -0.2) is 14.8 Å². The molecule has 11 heavy (non-hydrogen) atoms. The Hall–Kier alpha value is -0.290. The Morgan fingerprint density at radius 1 is 1.73 bits per heavy atom. The summed E-state index contributed by atoms with van der Waals surface area (Å²) in [6, 6.07) is 1.48. The molecular weight excluding hydrogens is 228 g/mol. The second-order valence-electron chi connectivity index (χ2n) is 2.00. The Balaban J connectivity index is 3.36. The van der Waals surface area contributed by atoms with Crippen LogP contribution in [0.3, 0.4) is 0 Å². The molecule has 5 heteroatoms. The first kappa shape index (κ1) is 8.80. The summed E-state index contributed by atoms with van der Waals surface area (Å²) in [6.45, 7) is 1.84. The maximum Gasteiger partial charge on any atom is 0.273 e. The minimum absolute atomic E-state index is 0.192. The third-order valence-corrected chi connectivity index (χ3v) is 2.97. The lowest BCUT2D eigenvalue weighted by Crippen LogP contribution is -2.11. The lowest BCUT2D eigenvalue weighted by Gasteiger charge is -2.03. The summed E-state index contributed by atoms with van der Waals surface area (Å²) >= 11 is 4.70.